The van der Waals surface area contributed by atoms with E-state index in [1.807, 2.05) is 12.1 Å². The molecule has 0 saturated heterocycles. The maximum absolute atomic E-state index is 13.4. The highest BCUT2D eigenvalue weighted by molar-refractivity contribution is 7.92. The number of hydrogen-bond donors (Lipinski definition) is 0. The van der Waals surface area contributed by atoms with Crippen LogP contribution in [0.25, 0.3) is 0 Å². The Balaban J connectivity index is 1.80. The minimum absolute atomic E-state index is 0.206. The van der Waals surface area contributed by atoms with Crippen LogP contribution < -0.4 is 18.7 Å². The minimum atomic E-state index is -3.69. The molecule has 0 unspecified atom stereocenters. The third-order valence-electron chi connectivity index (χ3n) is 5.07. The predicted molar refractivity (Wildman–Crippen MR) is 101 cm³/mol. The number of ether oxygens (including phenoxy) is 2. The van der Waals surface area contributed by atoms with Crippen LogP contribution in [0.15, 0.2) is 41.3 Å². The van der Waals surface area contributed by atoms with Gasteiger partial charge in [0.25, 0.3) is 10.0 Å². The van der Waals surface area contributed by atoms with E-state index in [4.69, 9.17) is 9.47 Å². The molecule has 7 heteroatoms. The quantitative estimate of drug-likeness (QED) is 0.823. The summed E-state index contributed by atoms with van der Waals surface area (Å²) in [6, 6.07) is 10.7. The summed E-state index contributed by atoms with van der Waals surface area (Å²) in [7, 11) is -0.656. The van der Waals surface area contributed by atoms with Crippen molar-refractivity contribution in [3.8, 4) is 11.5 Å². The highest BCUT2D eigenvalue weighted by atomic mass is 32.2. The zero-order valence-corrected chi connectivity index (χ0v) is 15.8. The van der Waals surface area contributed by atoms with Crippen LogP contribution in [0.4, 0.5) is 11.4 Å². The first-order valence-corrected chi connectivity index (χ1v) is 10.1. The Morgan fingerprint density at radius 1 is 0.962 bits per heavy atom. The lowest BCUT2D eigenvalue weighted by Crippen LogP contribution is -2.46. The first-order valence-electron chi connectivity index (χ1n) is 8.68. The van der Waals surface area contributed by atoms with Crippen molar-refractivity contribution >= 4 is 21.4 Å². The lowest BCUT2D eigenvalue weighted by molar-refractivity contribution is 0.354. The van der Waals surface area contributed by atoms with E-state index in [0.717, 1.165) is 30.8 Å². The van der Waals surface area contributed by atoms with E-state index >= 15 is 0 Å². The molecule has 0 spiro atoms. The molecule has 2 heterocycles. The Kier molecular flexibility index (Phi) is 4.19. The van der Waals surface area contributed by atoms with E-state index in [1.54, 1.807) is 12.1 Å². The molecule has 2 aromatic rings. The molecule has 138 valence electrons. The van der Waals surface area contributed by atoms with Crippen LogP contribution in [0.1, 0.15) is 12.0 Å². The number of benzene rings is 2. The van der Waals surface area contributed by atoms with Crippen molar-refractivity contribution in [1.29, 1.82) is 0 Å². The van der Waals surface area contributed by atoms with Gasteiger partial charge in [0.1, 0.15) is 0 Å². The largest absolute Gasteiger partial charge is 0.493 e. The molecule has 0 aliphatic carbocycles. The van der Waals surface area contributed by atoms with Crippen molar-refractivity contribution in [3.63, 3.8) is 0 Å². The second-order valence-electron chi connectivity index (χ2n) is 6.47. The fourth-order valence-electron chi connectivity index (χ4n) is 3.83. The molecular formula is C19H22N2O4S. The molecular weight excluding hydrogens is 352 g/mol. The van der Waals surface area contributed by atoms with Crippen molar-refractivity contribution in [2.24, 2.45) is 0 Å². The third-order valence-corrected chi connectivity index (χ3v) is 6.88. The lowest BCUT2D eigenvalue weighted by atomic mass is 9.99. The van der Waals surface area contributed by atoms with Gasteiger partial charge in [-0.2, -0.15) is 0 Å². The Morgan fingerprint density at radius 2 is 1.77 bits per heavy atom. The van der Waals surface area contributed by atoms with Gasteiger partial charge in [-0.1, -0.05) is 12.1 Å². The fraction of sp³-hybridized carbons (Fsp3) is 0.368. The molecule has 0 radical (unpaired) electrons. The third kappa shape index (κ3) is 2.58. The van der Waals surface area contributed by atoms with Gasteiger partial charge in [0, 0.05) is 19.2 Å². The standard InChI is InChI=1S/C19H22N2O4S/c1-24-17-9-8-15(13-18(17)25-2)26(22,23)21-12-11-20-10-4-6-14-5-3-7-16(21)19(14)20/h3,5,7-9,13H,4,6,10-12H2,1-2H3. The predicted octanol–water partition coefficient (Wildman–Crippen LogP) is 2.67. The lowest BCUT2D eigenvalue weighted by Gasteiger charge is -2.41. The Morgan fingerprint density at radius 3 is 2.54 bits per heavy atom. The van der Waals surface area contributed by atoms with E-state index < -0.39 is 10.0 Å². The summed E-state index contributed by atoms with van der Waals surface area (Å²) >= 11 is 0. The molecule has 0 aromatic heterocycles. The number of sulfonamides is 1. The number of aryl methyl sites for hydroxylation is 1. The van der Waals surface area contributed by atoms with Crippen LogP contribution in [-0.2, 0) is 16.4 Å². The van der Waals surface area contributed by atoms with Crippen LogP contribution in [0.2, 0.25) is 0 Å². The summed E-state index contributed by atoms with van der Waals surface area (Å²) in [5, 5.41) is 0. The van der Waals surface area contributed by atoms with Crippen molar-refractivity contribution in [1.82, 2.24) is 0 Å². The molecule has 0 bridgehead atoms. The molecule has 6 nitrogen and oxygen atoms in total. The second-order valence-corrected chi connectivity index (χ2v) is 8.33. The molecule has 2 aromatic carbocycles. The van der Waals surface area contributed by atoms with Crippen LogP contribution in [0, 0.1) is 0 Å². The molecule has 0 fully saturated rings. The molecule has 0 N–H and O–H groups in total. The SMILES string of the molecule is COc1ccc(S(=O)(=O)N2CCN3CCCc4cccc2c43)cc1OC. The van der Waals surface area contributed by atoms with Crippen molar-refractivity contribution in [3.05, 3.63) is 42.0 Å². The Bertz CT molecular complexity index is 943. The van der Waals surface area contributed by atoms with E-state index in [9.17, 15) is 8.42 Å². The number of nitrogens with zero attached hydrogens (tertiary/aromatic N) is 2. The van der Waals surface area contributed by atoms with Gasteiger partial charge in [0.2, 0.25) is 0 Å². The van der Waals surface area contributed by atoms with Gasteiger partial charge in [-0.25, -0.2) is 8.42 Å². The first-order chi connectivity index (χ1) is 12.6. The summed E-state index contributed by atoms with van der Waals surface area (Å²) in [5.74, 6) is 0.913. The Hall–Kier alpha value is -2.41. The van der Waals surface area contributed by atoms with E-state index in [2.05, 4.69) is 11.0 Å². The molecule has 0 amide bonds. The molecule has 4 rings (SSSR count). The molecule has 26 heavy (non-hydrogen) atoms. The monoisotopic (exact) mass is 374 g/mol. The summed E-state index contributed by atoms with van der Waals surface area (Å²) in [6.07, 6.45) is 2.10. The van der Waals surface area contributed by atoms with E-state index in [0.29, 0.717) is 24.6 Å². The molecule has 0 atom stereocenters. The second kappa shape index (κ2) is 6.39. The molecule has 2 aliphatic heterocycles. The van der Waals surface area contributed by atoms with Crippen LogP contribution in [0.3, 0.4) is 0 Å². The smallest absolute Gasteiger partial charge is 0.264 e. The van der Waals surface area contributed by atoms with Gasteiger partial charge in [-0.05, 0) is 36.6 Å². The summed E-state index contributed by atoms with van der Waals surface area (Å²) < 4.78 is 38.7. The average Bonchev–Trinajstić information content (AvgIpc) is 2.68. The summed E-state index contributed by atoms with van der Waals surface area (Å²) in [4.78, 5) is 2.51. The van der Waals surface area contributed by atoms with Gasteiger partial charge in [-0.15, -0.1) is 0 Å². The highest BCUT2D eigenvalue weighted by Crippen LogP contribution is 2.42. The van der Waals surface area contributed by atoms with E-state index in [-0.39, 0.29) is 4.90 Å². The van der Waals surface area contributed by atoms with Crippen LogP contribution in [0.5, 0.6) is 11.5 Å². The van der Waals surface area contributed by atoms with Gasteiger partial charge < -0.3 is 14.4 Å². The fourth-order valence-corrected chi connectivity index (χ4v) is 5.31. The number of hydrogen-bond acceptors (Lipinski definition) is 5. The first kappa shape index (κ1) is 17.0. The van der Waals surface area contributed by atoms with Gasteiger partial charge >= 0.3 is 0 Å². The summed E-state index contributed by atoms with van der Waals surface area (Å²) in [5.41, 5.74) is 3.05. The van der Waals surface area contributed by atoms with Gasteiger partial charge in [-0.3, -0.25) is 4.31 Å². The highest BCUT2D eigenvalue weighted by Gasteiger charge is 2.34. The van der Waals surface area contributed by atoms with Gasteiger partial charge in [0.05, 0.1) is 37.0 Å². The van der Waals surface area contributed by atoms with Gasteiger partial charge in [0.15, 0.2) is 11.5 Å². The molecule has 2 aliphatic rings. The topological polar surface area (TPSA) is 59.1 Å². The van der Waals surface area contributed by atoms with E-state index in [1.165, 1.54) is 30.2 Å². The zero-order chi connectivity index (χ0) is 18.3. The number of rotatable bonds is 4. The minimum Gasteiger partial charge on any atom is -0.493 e. The molecule has 0 saturated carbocycles. The average molecular weight is 374 g/mol. The zero-order valence-electron chi connectivity index (χ0n) is 14.9. The maximum atomic E-state index is 13.4. The normalized spacial score (nSPS) is 16.2. The van der Waals surface area contributed by atoms with Crippen molar-refractivity contribution < 1.29 is 17.9 Å². The Labute approximate surface area is 154 Å². The van der Waals surface area contributed by atoms with Crippen LogP contribution in [-0.4, -0.2) is 42.3 Å². The number of methoxy groups -OCH3 is 2. The number of anilines is 2. The van der Waals surface area contributed by atoms with Crippen molar-refractivity contribution in [2.75, 3.05) is 43.1 Å². The maximum Gasteiger partial charge on any atom is 0.264 e. The van der Waals surface area contributed by atoms with Crippen molar-refractivity contribution in [2.45, 2.75) is 17.7 Å². The van der Waals surface area contributed by atoms with Crippen LogP contribution >= 0.6 is 0 Å². The number of para-hydroxylation sites is 1. The summed E-state index contributed by atoms with van der Waals surface area (Å²) in [6.45, 7) is 2.12.